The van der Waals surface area contributed by atoms with Gasteiger partial charge in [0.1, 0.15) is 0 Å². The fraction of sp³-hybridized carbons (Fsp3) is 0.125. The van der Waals surface area contributed by atoms with E-state index in [4.69, 9.17) is 5.73 Å². The monoisotopic (exact) mass is 251 g/mol. The average molecular weight is 252 g/mol. The second-order valence-corrected chi connectivity index (χ2v) is 3.26. The van der Waals surface area contributed by atoms with Gasteiger partial charge < -0.3 is 15.6 Å². The van der Waals surface area contributed by atoms with Crippen LogP contribution in [0.2, 0.25) is 0 Å². The predicted octanol–water partition coefficient (Wildman–Crippen LogP) is -2.80. The van der Waals surface area contributed by atoms with Crippen LogP contribution in [0.5, 0.6) is 0 Å². The molecule has 0 saturated carbocycles. The van der Waals surface area contributed by atoms with Crippen molar-refractivity contribution in [2.24, 2.45) is 5.73 Å². The topological polar surface area (TPSA) is 66.2 Å². The van der Waals surface area contributed by atoms with Gasteiger partial charge in [0.2, 0.25) is 0 Å². The van der Waals surface area contributed by atoms with Crippen LogP contribution in [0.25, 0.3) is 0 Å². The number of carbonyl (C=O) groups is 1. The molecule has 1 atom stereocenters. The summed E-state index contributed by atoms with van der Waals surface area (Å²) in [5.74, 6) is -1.27. The number of hydrogen-bond donors (Lipinski definition) is 1. The molecule has 0 radical (unpaired) electrons. The molecule has 64 valence electrons. The first kappa shape index (κ1) is 13.1. The maximum absolute atomic E-state index is 10.3. The summed E-state index contributed by atoms with van der Waals surface area (Å²) in [5.41, 5.74) is 5.85. The van der Waals surface area contributed by atoms with E-state index in [-0.39, 0.29) is 29.6 Å². The van der Waals surface area contributed by atoms with Crippen molar-refractivity contribution >= 4 is 21.9 Å². The Balaban J connectivity index is 0.00000144. The molecule has 1 unspecified atom stereocenters. The molecule has 13 heavy (non-hydrogen) atoms. The summed E-state index contributed by atoms with van der Waals surface area (Å²) < 4.78 is 0.886. The van der Waals surface area contributed by atoms with Gasteiger partial charge in [-0.05, 0) is 17.7 Å². The van der Waals surface area contributed by atoms with Crippen LogP contribution in [0.3, 0.4) is 0 Å². The first-order valence-corrected chi connectivity index (χ1v) is 4.12. The van der Waals surface area contributed by atoms with E-state index in [0.29, 0.717) is 5.56 Å². The van der Waals surface area contributed by atoms with E-state index in [2.05, 4.69) is 15.9 Å². The van der Waals surface area contributed by atoms with Gasteiger partial charge in [-0.1, -0.05) is 28.1 Å². The summed E-state index contributed by atoms with van der Waals surface area (Å²) in [6.07, 6.45) is 0. The Hall–Kier alpha value is 0.130. The zero-order valence-corrected chi connectivity index (χ0v) is 10.7. The van der Waals surface area contributed by atoms with Gasteiger partial charge in [-0.15, -0.1) is 0 Å². The third-order valence-electron chi connectivity index (χ3n) is 1.48. The van der Waals surface area contributed by atoms with Crippen LogP contribution in [-0.2, 0) is 4.79 Å². The summed E-state index contributed by atoms with van der Waals surface area (Å²) in [6, 6.07) is 5.71. The van der Waals surface area contributed by atoms with Crippen LogP contribution in [-0.4, -0.2) is 5.97 Å². The molecule has 1 aromatic carbocycles. The number of carbonyl (C=O) groups excluding carboxylic acids is 1. The number of halogens is 1. The van der Waals surface area contributed by atoms with Crippen LogP contribution in [0.15, 0.2) is 28.7 Å². The van der Waals surface area contributed by atoms with E-state index < -0.39 is 12.0 Å². The zero-order chi connectivity index (χ0) is 9.14. The van der Waals surface area contributed by atoms with E-state index in [1.807, 2.05) is 0 Å². The second kappa shape index (κ2) is 5.78. The van der Waals surface area contributed by atoms with Gasteiger partial charge in [0.15, 0.2) is 0 Å². The Kier molecular flexibility index (Phi) is 5.83. The Morgan fingerprint density at radius 2 is 1.85 bits per heavy atom. The molecule has 1 aromatic rings. The normalized spacial score (nSPS) is 11.5. The minimum Gasteiger partial charge on any atom is -0.548 e. The van der Waals surface area contributed by atoms with Crippen molar-refractivity contribution in [3.05, 3.63) is 34.3 Å². The van der Waals surface area contributed by atoms with Crippen molar-refractivity contribution in [2.45, 2.75) is 6.04 Å². The smallest absolute Gasteiger partial charge is 0.548 e. The number of benzene rings is 1. The van der Waals surface area contributed by atoms with E-state index in [9.17, 15) is 9.90 Å². The van der Waals surface area contributed by atoms with E-state index >= 15 is 0 Å². The molecule has 0 saturated heterocycles. The van der Waals surface area contributed by atoms with Gasteiger partial charge in [0.25, 0.3) is 0 Å². The standard InChI is InChI=1S/C8H8BrNO2.Na/c9-6-3-1-5(2-4-6)7(10)8(11)12;/h1-4,7H,10H2,(H,11,12);/q;+1/p-1. The van der Waals surface area contributed by atoms with Crippen LogP contribution >= 0.6 is 15.9 Å². The van der Waals surface area contributed by atoms with Crippen molar-refractivity contribution < 1.29 is 39.5 Å². The molecule has 1 rings (SSSR count). The SMILES string of the molecule is NC(C(=O)[O-])c1ccc(Br)cc1.[Na+]. The van der Waals surface area contributed by atoms with E-state index in [1.165, 1.54) is 0 Å². The summed E-state index contributed by atoms with van der Waals surface area (Å²) in [7, 11) is 0. The van der Waals surface area contributed by atoms with Gasteiger partial charge in [0, 0.05) is 4.47 Å². The van der Waals surface area contributed by atoms with Crippen molar-refractivity contribution in [2.75, 3.05) is 0 Å². The fourth-order valence-corrected chi connectivity index (χ4v) is 1.07. The molecule has 0 aliphatic rings. The van der Waals surface area contributed by atoms with Crippen LogP contribution < -0.4 is 40.4 Å². The molecule has 0 heterocycles. The molecular weight excluding hydrogens is 245 g/mol. The molecule has 0 bridgehead atoms. The van der Waals surface area contributed by atoms with Gasteiger partial charge in [-0.25, -0.2) is 0 Å². The van der Waals surface area contributed by atoms with Gasteiger partial charge in [-0.3, -0.25) is 0 Å². The molecule has 0 amide bonds. The number of nitrogens with two attached hydrogens (primary N) is 1. The molecule has 0 fully saturated rings. The minimum absolute atomic E-state index is 0. The Morgan fingerprint density at radius 3 is 2.23 bits per heavy atom. The summed E-state index contributed by atoms with van der Waals surface area (Å²) in [6.45, 7) is 0. The van der Waals surface area contributed by atoms with Gasteiger partial charge in [0.05, 0.1) is 12.0 Å². The first-order valence-electron chi connectivity index (χ1n) is 3.33. The summed E-state index contributed by atoms with van der Waals surface area (Å²) >= 11 is 3.23. The Morgan fingerprint density at radius 1 is 1.38 bits per heavy atom. The quantitative estimate of drug-likeness (QED) is 0.578. The molecule has 5 heteroatoms. The van der Waals surface area contributed by atoms with Gasteiger partial charge in [-0.2, -0.15) is 0 Å². The number of carboxylic acid groups (broad SMARTS) is 1. The Labute approximate surface area is 107 Å². The van der Waals surface area contributed by atoms with Crippen LogP contribution in [0, 0.1) is 0 Å². The zero-order valence-electron chi connectivity index (χ0n) is 7.16. The average Bonchev–Trinajstić information content (AvgIpc) is 2.04. The molecule has 0 spiro atoms. The Bertz CT molecular complexity index is 289. The molecule has 0 aromatic heterocycles. The number of carboxylic acids is 1. The molecular formula is C8H7BrNNaO2. The van der Waals surface area contributed by atoms with Crippen molar-refractivity contribution in [1.82, 2.24) is 0 Å². The molecule has 2 N–H and O–H groups in total. The van der Waals surface area contributed by atoms with Crippen molar-refractivity contribution in [3.8, 4) is 0 Å². The summed E-state index contributed by atoms with van der Waals surface area (Å²) in [5, 5.41) is 10.3. The number of hydrogen-bond acceptors (Lipinski definition) is 3. The predicted molar refractivity (Wildman–Crippen MR) is 46.1 cm³/mol. The third kappa shape index (κ3) is 3.79. The maximum atomic E-state index is 10.3. The number of rotatable bonds is 2. The minimum atomic E-state index is -1.27. The third-order valence-corrected chi connectivity index (χ3v) is 2.01. The largest absolute Gasteiger partial charge is 1.00 e. The van der Waals surface area contributed by atoms with Crippen molar-refractivity contribution in [3.63, 3.8) is 0 Å². The second-order valence-electron chi connectivity index (χ2n) is 2.35. The fourth-order valence-electron chi connectivity index (χ4n) is 0.806. The molecule has 0 aliphatic heterocycles. The van der Waals surface area contributed by atoms with E-state index in [0.717, 1.165) is 4.47 Å². The van der Waals surface area contributed by atoms with Gasteiger partial charge >= 0.3 is 29.6 Å². The molecule has 0 aliphatic carbocycles. The van der Waals surface area contributed by atoms with Crippen LogP contribution in [0.1, 0.15) is 11.6 Å². The summed E-state index contributed by atoms with van der Waals surface area (Å²) in [4.78, 5) is 10.3. The first-order chi connectivity index (χ1) is 5.61. The number of aliphatic carboxylic acids is 1. The van der Waals surface area contributed by atoms with Crippen molar-refractivity contribution in [1.29, 1.82) is 0 Å². The van der Waals surface area contributed by atoms with E-state index in [1.54, 1.807) is 24.3 Å². The van der Waals surface area contributed by atoms with Crippen LogP contribution in [0.4, 0.5) is 0 Å². The molecule has 3 nitrogen and oxygen atoms in total. The maximum Gasteiger partial charge on any atom is 1.00 e.